The largest absolute Gasteiger partial charge is 0.453 e. The lowest BCUT2D eigenvalue weighted by Gasteiger charge is -2.68. The van der Waals surface area contributed by atoms with Gasteiger partial charge in [-0.05, 0) is 157 Å². The normalized spacial score (nSPS) is 56.9. The van der Waals surface area contributed by atoms with E-state index in [4.69, 9.17) is 36.5 Å². The third-order valence-electron chi connectivity index (χ3n) is 25.3. The molecule has 5 saturated heterocycles. The van der Waals surface area contributed by atoms with Gasteiger partial charge < -0.3 is 54.7 Å². The first-order valence-electron chi connectivity index (χ1n) is 29.7. The van der Waals surface area contributed by atoms with Crippen LogP contribution in [0.15, 0.2) is 23.3 Å². The zero-order valence-corrected chi connectivity index (χ0v) is 48.0. The molecule has 4 bridgehead atoms. The Labute approximate surface area is 456 Å². The van der Waals surface area contributed by atoms with Crippen molar-refractivity contribution in [3.8, 4) is 0 Å². The molecule has 9 N–H and O–H groups in total. The van der Waals surface area contributed by atoms with Gasteiger partial charge in [0.2, 0.25) is 5.79 Å². The van der Waals surface area contributed by atoms with E-state index in [2.05, 4.69) is 45.6 Å². The highest BCUT2D eigenvalue weighted by molar-refractivity contribution is 7.79. The molecule has 18 heteroatoms. The van der Waals surface area contributed by atoms with Crippen molar-refractivity contribution in [1.82, 2.24) is 4.90 Å². The zero-order valence-electron chi connectivity index (χ0n) is 47.2. The summed E-state index contributed by atoms with van der Waals surface area (Å²) in [6, 6.07) is -0.387. The number of esters is 1. The first-order valence-corrected chi connectivity index (χ1v) is 31.1. The van der Waals surface area contributed by atoms with Crippen molar-refractivity contribution in [2.24, 2.45) is 75.4 Å². The lowest BCUT2D eigenvalue weighted by molar-refractivity contribution is -0.354. The topological polar surface area (TPSA) is 273 Å². The standard InChI is InChI=1S/C32H49NO9.C27H42O3.H2O4S/c1-6-18(3)25(35)41-24-11-12-26(4)19-8-9-20-28(37)13-23(34)31(39)21(29(28,38)16-30(20,26)42-32(19,24)40)15-33-14-17(2)7-10-22(33)27(31,5)36;1-16-7-12-27(29-15-16)17(2)24-23(30-27)14-22-20-6-5-18-13-19(28)8-10-25(18,3)21(20)9-11-26(22,24)4;1-5(2,3)4/h6,17,19-24,34,36-40H,7-16H2,1-5H3;9,16-20,22-24,28H,5-8,10-15H2,1-4H3;(H2,1,2,3,4). The summed E-state index contributed by atoms with van der Waals surface area (Å²) in [5, 5.41) is 84.2. The summed E-state index contributed by atoms with van der Waals surface area (Å²) in [6.07, 6.45) is 15.9. The molecular weight excluding hydrogens is 1010 g/mol. The molecule has 25 atom stereocenters. The van der Waals surface area contributed by atoms with Crippen LogP contribution < -0.4 is 0 Å². The van der Waals surface area contributed by atoms with Gasteiger partial charge in [0, 0.05) is 73.1 Å². The minimum atomic E-state index is -4.67. The lowest BCUT2D eigenvalue weighted by Crippen LogP contribution is -2.85. The number of hydrogen-bond donors (Lipinski definition) is 9. The van der Waals surface area contributed by atoms with Crippen LogP contribution in [0.2, 0.25) is 0 Å². The van der Waals surface area contributed by atoms with Gasteiger partial charge in [0.15, 0.2) is 11.9 Å². The van der Waals surface area contributed by atoms with Crippen molar-refractivity contribution in [3.63, 3.8) is 0 Å². The van der Waals surface area contributed by atoms with Gasteiger partial charge in [-0.3, -0.25) is 14.0 Å². The molecule has 12 fully saturated rings. The summed E-state index contributed by atoms with van der Waals surface area (Å²) in [5.41, 5.74) is -6.50. The zero-order chi connectivity index (χ0) is 55.9. The van der Waals surface area contributed by atoms with Gasteiger partial charge in [0.25, 0.3) is 0 Å². The Bertz CT molecular complexity index is 2510. The molecule has 8 aliphatic carbocycles. The average molecular weight is 1100 g/mol. The van der Waals surface area contributed by atoms with Crippen LogP contribution >= 0.6 is 0 Å². The summed E-state index contributed by atoms with van der Waals surface area (Å²) in [4.78, 5) is 14.9. The van der Waals surface area contributed by atoms with Crippen LogP contribution in [-0.2, 0) is 34.1 Å². The quantitative estimate of drug-likeness (QED) is 0.0659. The molecule has 7 saturated carbocycles. The molecule has 436 valence electrons. The van der Waals surface area contributed by atoms with Crippen molar-refractivity contribution in [2.75, 3.05) is 19.7 Å². The summed E-state index contributed by atoms with van der Waals surface area (Å²) in [7, 11) is -4.67. The van der Waals surface area contributed by atoms with Gasteiger partial charge in [-0.1, -0.05) is 59.3 Å². The van der Waals surface area contributed by atoms with E-state index in [-0.39, 0.29) is 37.3 Å². The average Bonchev–Trinajstić information content (AvgIpc) is 2.27. The van der Waals surface area contributed by atoms with E-state index >= 15 is 0 Å². The number of piperidine rings is 2. The predicted octanol–water partition coefficient (Wildman–Crippen LogP) is 6.05. The Morgan fingerprint density at radius 3 is 2.19 bits per heavy atom. The van der Waals surface area contributed by atoms with E-state index in [0.29, 0.717) is 90.7 Å². The number of rotatable bonds is 2. The Kier molecular flexibility index (Phi) is 13.7. The fourth-order valence-electron chi connectivity index (χ4n) is 21.3. The van der Waals surface area contributed by atoms with Crippen LogP contribution in [-0.4, -0.2) is 154 Å². The second kappa shape index (κ2) is 18.4. The number of ether oxygens (including phenoxy) is 4. The first kappa shape index (κ1) is 57.2. The highest BCUT2D eigenvalue weighted by Crippen LogP contribution is 2.78. The number of carbonyl (C=O) groups is 1. The molecular formula is C59H93NO16S. The molecule has 0 aromatic rings. The van der Waals surface area contributed by atoms with Crippen molar-refractivity contribution >= 4 is 16.4 Å². The van der Waals surface area contributed by atoms with Gasteiger partial charge in [0.05, 0.1) is 30.5 Å². The Morgan fingerprint density at radius 1 is 0.818 bits per heavy atom. The number of hydrogen-bond acceptors (Lipinski definition) is 15. The Morgan fingerprint density at radius 2 is 1.52 bits per heavy atom. The van der Waals surface area contributed by atoms with E-state index in [1.54, 1.807) is 32.4 Å². The molecule has 25 unspecified atom stereocenters. The Hall–Kier alpha value is -1.62. The van der Waals surface area contributed by atoms with Gasteiger partial charge in [0.1, 0.15) is 22.4 Å². The molecule has 0 aromatic carbocycles. The number of aliphatic hydroxyl groups is 7. The van der Waals surface area contributed by atoms with Crippen LogP contribution in [0.1, 0.15) is 171 Å². The number of allylic oxidation sites excluding steroid dienone is 3. The monoisotopic (exact) mass is 1100 g/mol. The molecule has 13 rings (SSSR count). The van der Waals surface area contributed by atoms with Crippen molar-refractivity contribution in [1.29, 1.82) is 0 Å². The SMILES string of the molecule is CC1CCC2(OC1)OC1CC3C4CCC5CC(O)CCC5(C)C4=CCC3(C)C1C2C.CC=C(C)C(=O)OC1CCC2(C)C3CCC4C5(O)CC(O)C6(O)C(CN7CC(C)CCC7C6(C)O)C5(O)CC42OC13O.O=S(=O)(O)O. The van der Waals surface area contributed by atoms with Gasteiger partial charge in [-0.25, -0.2) is 4.79 Å². The van der Waals surface area contributed by atoms with Crippen LogP contribution in [0, 0.1) is 75.4 Å². The van der Waals surface area contributed by atoms with E-state index < -0.39 is 85.5 Å². The van der Waals surface area contributed by atoms with E-state index in [1.165, 1.54) is 38.5 Å². The second-order valence-electron chi connectivity index (χ2n) is 28.8. The minimum absolute atomic E-state index is 0.0606. The Balaban J connectivity index is 0.000000157. The van der Waals surface area contributed by atoms with Crippen molar-refractivity contribution in [3.05, 3.63) is 23.3 Å². The molecule has 0 amide bonds. The number of nitrogens with zero attached hydrogens (tertiary/aromatic N) is 1. The second-order valence-corrected chi connectivity index (χ2v) is 29.7. The molecule has 2 spiro atoms. The summed E-state index contributed by atoms with van der Waals surface area (Å²) in [6.45, 7) is 20.8. The predicted molar refractivity (Wildman–Crippen MR) is 281 cm³/mol. The van der Waals surface area contributed by atoms with Crippen LogP contribution in [0.3, 0.4) is 0 Å². The van der Waals surface area contributed by atoms with Gasteiger partial charge in [-0.15, -0.1) is 0 Å². The first-order chi connectivity index (χ1) is 35.7. The molecule has 0 radical (unpaired) electrons. The van der Waals surface area contributed by atoms with E-state index in [9.17, 15) is 40.5 Å². The number of carbonyl (C=O) groups excluding carboxylic acids is 1. The van der Waals surface area contributed by atoms with Gasteiger partial charge >= 0.3 is 16.4 Å². The summed E-state index contributed by atoms with van der Waals surface area (Å²) < 4.78 is 57.5. The fraction of sp³-hybridized carbons (Fsp3) is 0.915. The molecule has 77 heavy (non-hydrogen) atoms. The summed E-state index contributed by atoms with van der Waals surface area (Å²) in [5.74, 6) is -0.364. The van der Waals surface area contributed by atoms with E-state index in [1.807, 2.05) is 6.92 Å². The van der Waals surface area contributed by atoms with Crippen molar-refractivity contribution < 1.29 is 77.0 Å². The number of fused-ring (bicyclic) bond motifs is 12. The van der Waals surface area contributed by atoms with Gasteiger partial charge in [-0.2, -0.15) is 8.42 Å². The molecule has 13 aliphatic rings. The lowest BCUT2D eigenvalue weighted by atomic mass is 9.48. The fourth-order valence-corrected chi connectivity index (χ4v) is 21.3. The van der Waals surface area contributed by atoms with Crippen LogP contribution in [0.4, 0.5) is 0 Å². The third-order valence-corrected chi connectivity index (χ3v) is 25.3. The van der Waals surface area contributed by atoms with E-state index in [0.717, 1.165) is 44.1 Å². The number of aliphatic hydroxyl groups excluding tert-OH is 2. The smallest absolute Gasteiger partial charge is 0.394 e. The van der Waals surface area contributed by atoms with Crippen LogP contribution in [0.5, 0.6) is 0 Å². The van der Waals surface area contributed by atoms with Crippen LogP contribution in [0.25, 0.3) is 0 Å². The van der Waals surface area contributed by atoms with Crippen molar-refractivity contribution in [2.45, 2.75) is 242 Å². The highest BCUT2D eigenvalue weighted by Gasteiger charge is 2.89. The highest BCUT2D eigenvalue weighted by atomic mass is 32.3. The maximum atomic E-state index is 12.9. The third kappa shape index (κ3) is 7.88. The molecule has 5 aliphatic heterocycles. The molecule has 17 nitrogen and oxygen atoms in total. The molecule has 0 aromatic heterocycles. The minimum Gasteiger partial charge on any atom is -0.453 e. The maximum absolute atomic E-state index is 12.9. The summed E-state index contributed by atoms with van der Waals surface area (Å²) >= 11 is 0. The maximum Gasteiger partial charge on any atom is 0.394 e. The molecule has 5 heterocycles.